The number of ketones is 1. The molecule has 3 aromatic rings. The molecule has 1 aliphatic heterocycles. The van der Waals surface area contributed by atoms with Crippen molar-refractivity contribution < 1.29 is 14.0 Å². The monoisotopic (exact) mass is 463 g/mol. The van der Waals surface area contributed by atoms with Gasteiger partial charge in [-0.15, -0.1) is 0 Å². The van der Waals surface area contributed by atoms with Gasteiger partial charge in [-0.3, -0.25) is 14.5 Å². The molecular formula is C26H25NO3S2. The number of benzene rings is 2. The minimum Gasteiger partial charge on any atom is -0.457 e. The van der Waals surface area contributed by atoms with Gasteiger partial charge in [0.25, 0.3) is 5.91 Å². The number of hydrogen-bond acceptors (Lipinski definition) is 5. The van der Waals surface area contributed by atoms with E-state index < -0.39 is 0 Å². The van der Waals surface area contributed by atoms with E-state index >= 15 is 0 Å². The fourth-order valence-electron chi connectivity index (χ4n) is 3.16. The zero-order chi connectivity index (χ0) is 23.1. The SMILES string of the molecule is CC.CC(=O)c1ccc(-c2ccc(/C=C3/SC(=S)N(CCc4ccccc4)C3=O)o2)cc1. The van der Waals surface area contributed by atoms with Gasteiger partial charge in [-0.25, -0.2) is 0 Å². The van der Waals surface area contributed by atoms with Crippen LogP contribution in [-0.4, -0.2) is 27.5 Å². The van der Waals surface area contributed by atoms with E-state index in [4.69, 9.17) is 16.6 Å². The third-order valence-electron chi connectivity index (χ3n) is 4.82. The second-order valence-corrected chi connectivity index (χ2v) is 8.58. The average Bonchev–Trinajstić information content (AvgIpc) is 3.39. The van der Waals surface area contributed by atoms with Crippen LogP contribution in [0.4, 0.5) is 0 Å². The summed E-state index contributed by atoms with van der Waals surface area (Å²) in [5.74, 6) is 1.20. The molecule has 2 heterocycles. The van der Waals surface area contributed by atoms with Crippen LogP contribution >= 0.6 is 24.0 Å². The Bertz CT molecular complexity index is 1130. The highest BCUT2D eigenvalue weighted by atomic mass is 32.2. The van der Waals surface area contributed by atoms with E-state index in [1.807, 2.05) is 68.4 Å². The Balaban J connectivity index is 0.00000141. The van der Waals surface area contributed by atoms with Crippen LogP contribution < -0.4 is 0 Å². The number of thioether (sulfide) groups is 1. The van der Waals surface area contributed by atoms with E-state index in [0.29, 0.717) is 32.9 Å². The summed E-state index contributed by atoms with van der Waals surface area (Å²) in [5.41, 5.74) is 2.70. The lowest BCUT2D eigenvalue weighted by atomic mass is 10.1. The Morgan fingerprint density at radius 3 is 2.38 bits per heavy atom. The number of thiocarbonyl (C=S) groups is 1. The number of carbonyl (C=O) groups excluding carboxylic acids is 2. The number of rotatable bonds is 6. The molecule has 0 radical (unpaired) electrons. The summed E-state index contributed by atoms with van der Waals surface area (Å²) in [7, 11) is 0. The molecule has 6 heteroatoms. The highest BCUT2D eigenvalue weighted by molar-refractivity contribution is 8.26. The van der Waals surface area contributed by atoms with Crippen molar-refractivity contribution in [1.29, 1.82) is 0 Å². The topological polar surface area (TPSA) is 50.5 Å². The molecule has 1 amide bonds. The molecule has 4 rings (SSSR count). The normalized spacial score (nSPS) is 14.5. The maximum Gasteiger partial charge on any atom is 0.266 e. The van der Waals surface area contributed by atoms with Gasteiger partial charge in [-0.1, -0.05) is 92.4 Å². The molecule has 0 N–H and O–H groups in total. The highest BCUT2D eigenvalue weighted by Crippen LogP contribution is 2.33. The van der Waals surface area contributed by atoms with Crippen molar-refractivity contribution in [2.45, 2.75) is 27.2 Å². The molecule has 0 bridgehead atoms. The van der Waals surface area contributed by atoms with Gasteiger partial charge in [0.15, 0.2) is 5.78 Å². The molecule has 1 aliphatic rings. The molecule has 32 heavy (non-hydrogen) atoms. The molecule has 0 saturated carbocycles. The van der Waals surface area contributed by atoms with Gasteiger partial charge in [-0.05, 0) is 31.0 Å². The van der Waals surface area contributed by atoms with Gasteiger partial charge in [0.1, 0.15) is 15.8 Å². The van der Waals surface area contributed by atoms with E-state index in [-0.39, 0.29) is 11.7 Å². The van der Waals surface area contributed by atoms with Crippen molar-refractivity contribution in [3.63, 3.8) is 0 Å². The summed E-state index contributed by atoms with van der Waals surface area (Å²) in [6, 6.07) is 21.0. The summed E-state index contributed by atoms with van der Waals surface area (Å²) < 4.78 is 6.46. The first-order chi connectivity index (χ1) is 15.5. The predicted molar refractivity (Wildman–Crippen MR) is 136 cm³/mol. The third-order valence-corrected chi connectivity index (χ3v) is 6.19. The predicted octanol–water partition coefficient (Wildman–Crippen LogP) is 6.62. The zero-order valence-electron chi connectivity index (χ0n) is 18.3. The summed E-state index contributed by atoms with van der Waals surface area (Å²) >= 11 is 6.70. The van der Waals surface area contributed by atoms with Crippen LogP contribution in [0.2, 0.25) is 0 Å². The lowest BCUT2D eigenvalue weighted by Gasteiger charge is -2.14. The Hall–Kier alpha value is -2.96. The lowest BCUT2D eigenvalue weighted by Crippen LogP contribution is -2.30. The van der Waals surface area contributed by atoms with Crippen molar-refractivity contribution in [3.05, 3.63) is 88.5 Å². The minimum atomic E-state index is -0.0929. The second kappa shape index (κ2) is 11.1. The standard InChI is InChI=1S/C24H19NO3S2.C2H6/c1-16(26)18-7-9-19(10-8-18)21-12-11-20(28-21)15-22-23(27)25(24(29)30-22)14-13-17-5-3-2-4-6-17;1-2/h2-12,15H,13-14H2,1H3;1-2H3/b22-15+;. The smallest absolute Gasteiger partial charge is 0.266 e. The lowest BCUT2D eigenvalue weighted by molar-refractivity contribution is -0.122. The molecule has 0 unspecified atom stereocenters. The molecule has 0 atom stereocenters. The van der Waals surface area contributed by atoms with Gasteiger partial charge in [0.2, 0.25) is 0 Å². The van der Waals surface area contributed by atoms with Crippen molar-refractivity contribution in [1.82, 2.24) is 4.90 Å². The molecule has 1 aromatic heterocycles. The molecule has 0 spiro atoms. The van der Waals surface area contributed by atoms with Crippen LogP contribution in [0.5, 0.6) is 0 Å². The summed E-state index contributed by atoms with van der Waals surface area (Å²) in [6.07, 6.45) is 2.48. The van der Waals surface area contributed by atoms with Gasteiger partial charge >= 0.3 is 0 Å². The Kier molecular flexibility index (Phi) is 8.20. The third kappa shape index (κ3) is 5.64. The average molecular weight is 464 g/mol. The van der Waals surface area contributed by atoms with E-state index in [0.717, 1.165) is 12.0 Å². The first-order valence-corrected chi connectivity index (χ1v) is 11.7. The van der Waals surface area contributed by atoms with E-state index in [9.17, 15) is 9.59 Å². The van der Waals surface area contributed by atoms with Crippen molar-refractivity contribution in [2.24, 2.45) is 0 Å². The molecule has 4 nitrogen and oxygen atoms in total. The maximum atomic E-state index is 12.8. The number of furan rings is 1. The van der Waals surface area contributed by atoms with Crippen molar-refractivity contribution in [2.75, 3.05) is 6.54 Å². The molecule has 1 saturated heterocycles. The highest BCUT2D eigenvalue weighted by Gasteiger charge is 2.31. The fraction of sp³-hybridized carbons (Fsp3) is 0.192. The largest absolute Gasteiger partial charge is 0.457 e. The first-order valence-electron chi connectivity index (χ1n) is 10.5. The number of amides is 1. The van der Waals surface area contributed by atoms with Crippen molar-refractivity contribution >= 4 is 46.1 Å². The van der Waals surface area contributed by atoms with Gasteiger partial charge in [0.05, 0.1) is 4.91 Å². The summed E-state index contributed by atoms with van der Waals surface area (Å²) in [4.78, 5) is 26.4. The van der Waals surface area contributed by atoms with Crippen LogP contribution in [-0.2, 0) is 11.2 Å². The maximum absolute atomic E-state index is 12.8. The molecule has 0 aliphatic carbocycles. The quantitative estimate of drug-likeness (QED) is 0.234. The van der Waals surface area contributed by atoms with Gasteiger partial charge in [-0.2, -0.15) is 0 Å². The molecule has 2 aromatic carbocycles. The Morgan fingerprint density at radius 2 is 1.72 bits per heavy atom. The van der Waals surface area contributed by atoms with Gasteiger partial charge in [0, 0.05) is 23.7 Å². The minimum absolute atomic E-state index is 0.0241. The number of hydrogen-bond donors (Lipinski definition) is 0. The Labute approximate surface area is 198 Å². The molecule has 1 fully saturated rings. The van der Waals surface area contributed by atoms with Crippen molar-refractivity contribution in [3.8, 4) is 11.3 Å². The van der Waals surface area contributed by atoms with Crippen LogP contribution in [0.3, 0.4) is 0 Å². The zero-order valence-corrected chi connectivity index (χ0v) is 20.0. The number of nitrogens with zero attached hydrogens (tertiary/aromatic N) is 1. The molecular weight excluding hydrogens is 438 g/mol. The van der Waals surface area contributed by atoms with Crippen LogP contribution in [0, 0.1) is 0 Å². The summed E-state index contributed by atoms with van der Waals surface area (Å²) in [6.45, 7) is 6.09. The van der Waals surface area contributed by atoms with E-state index in [1.54, 1.807) is 23.1 Å². The number of Topliss-reactive ketones (excluding diaryl/α,β-unsaturated/α-hetero) is 1. The van der Waals surface area contributed by atoms with E-state index in [1.165, 1.54) is 24.2 Å². The number of carbonyl (C=O) groups is 2. The van der Waals surface area contributed by atoms with Crippen LogP contribution in [0.1, 0.15) is 42.5 Å². The second-order valence-electron chi connectivity index (χ2n) is 6.90. The van der Waals surface area contributed by atoms with Crippen LogP contribution in [0.15, 0.2) is 76.1 Å². The fourth-order valence-corrected chi connectivity index (χ4v) is 4.45. The van der Waals surface area contributed by atoms with E-state index in [2.05, 4.69) is 0 Å². The Morgan fingerprint density at radius 1 is 1.03 bits per heavy atom. The first kappa shape index (κ1) is 23.7. The summed E-state index contributed by atoms with van der Waals surface area (Å²) in [5, 5.41) is 0. The van der Waals surface area contributed by atoms with Crippen LogP contribution in [0.25, 0.3) is 17.4 Å². The van der Waals surface area contributed by atoms with Gasteiger partial charge < -0.3 is 4.42 Å². The molecule has 164 valence electrons.